The van der Waals surface area contributed by atoms with Crippen LogP contribution in [0.2, 0.25) is 0 Å². The molecule has 0 saturated heterocycles. The van der Waals surface area contributed by atoms with E-state index in [2.05, 4.69) is 9.97 Å². The molecule has 0 amide bonds. The van der Waals surface area contributed by atoms with E-state index >= 15 is 0 Å². The molecule has 1 aromatic heterocycles. The number of aliphatic hydroxyl groups is 1. The Bertz CT molecular complexity index is 675. The summed E-state index contributed by atoms with van der Waals surface area (Å²) in [6, 6.07) is 5.38. The van der Waals surface area contributed by atoms with Gasteiger partial charge in [0.2, 0.25) is 0 Å². The van der Waals surface area contributed by atoms with Crippen LogP contribution in [0.1, 0.15) is 18.3 Å². The van der Waals surface area contributed by atoms with Crippen LogP contribution < -0.4 is 9.47 Å². The molecule has 0 radical (unpaired) electrons. The molecule has 2 aromatic rings. The minimum atomic E-state index is -1.06. The summed E-state index contributed by atoms with van der Waals surface area (Å²) in [6.07, 6.45) is 2.40. The normalized spacial score (nSPS) is 12.2. The fourth-order valence-corrected chi connectivity index (χ4v) is 2.40. The van der Waals surface area contributed by atoms with E-state index < -0.39 is 12.1 Å². The molecule has 1 heterocycles. The first-order valence-corrected chi connectivity index (χ1v) is 7.92. The quantitative estimate of drug-likeness (QED) is 0.593. The van der Waals surface area contributed by atoms with Gasteiger partial charge in [0, 0.05) is 31.0 Å². The molecule has 0 saturated carbocycles. The Labute approximate surface area is 146 Å². The summed E-state index contributed by atoms with van der Waals surface area (Å²) in [4.78, 5) is 20.3. The lowest BCUT2D eigenvalue weighted by molar-refractivity contribution is -0.144. The van der Waals surface area contributed by atoms with Gasteiger partial charge in [0.15, 0.2) is 17.6 Å². The van der Waals surface area contributed by atoms with Gasteiger partial charge in [-0.25, -0.2) is 9.78 Å². The van der Waals surface area contributed by atoms with Crippen molar-refractivity contribution in [2.24, 2.45) is 0 Å². The van der Waals surface area contributed by atoms with Gasteiger partial charge in [-0.05, 0) is 13.0 Å². The lowest BCUT2D eigenvalue weighted by Crippen LogP contribution is -2.28. The van der Waals surface area contributed by atoms with Crippen molar-refractivity contribution < 1.29 is 24.5 Å². The Balaban J connectivity index is 2.24. The number of carbonyl (C=O) groups is 1. The number of aromatic nitrogens is 2. The maximum Gasteiger partial charge on any atom is 0.344 e. The number of aliphatic hydroxyl groups excluding tert-OH is 1. The second-order valence-corrected chi connectivity index (χ2v) is 5.52. The number of carboxylic acid groups (broad SMARTS) is 1. The maximum atomic E-state index is 11.1. The monoisotopic (exact) mass is 349 g/mol. The molecule has 1 unspecified atom stereocenters. The molecule has 1 aromatic carbocycles. The van der Waals surface area contributed by atoms with Crippen LogP contribution in [-0.4, -0.2) is 57.4 Å². The number of imidazole rings is 1. The molecular weight excluding hydrogens is 326 g/mol. The van der Waals surface area contributed by atoms with E-state index in [0.29, 0.717) is 31.1 Å². The molecular formula is C17H23N3O5. The van der Waals surface area contributed by atoms with Crippen molar-refractivity contribution in [3.8, 4) is 11.5 Å². The van der Waals surface area contributed by atoms with Crippen molar-refractivity contribution in [1.82, 2.24) is 14.9 Å². The summed E-state index contributed by atoms with van der Waals surface area (Å²) in [5.41, 5.74) is 0.771. The molecule has 0 aliphatic heterocycles. The second kappa shape index (κ2) is 9.05. The van der Waals surface area contributed by atoms with Gasteiger partial charge >= 0.3 is 5.97 Å². The zero-order chi connectivity index (χ0) is 18.2. The van der Waals surface area contributed by atoms with Gasteiger partial charge in [-0.1, -0.05) is 12.1 Å². The number of nitrogens with zero attached hydrogens (tertiary/aromatic N) is 2. The molecule has 25 heavy (non-hydrogen) atoms. The Morgan fingerprint density at radius 2 is 2.20 bits per heavy atom. The molecule has 8 heteroatoms. The summed E-state index contributed by atoms with van der Waals surface area (Å²) < 4.78 is 10.9. The molecule has 3 N–H and O–H groups in total. The molecule has 0 aliphatic carbocycles. The molecule has 8 nitrogen and oxygen atoms in total. The number of benzene rings is 1. The number of para-hydroxylation sites is 1. The third kappa shape index (κ3) is 5.20. The van der Waals surface area contributed by atoms with Crippen molar-refractivity contribution in [3.05, 3.63) is 42.0 Å². The third-order valence-electron chi connectivity index (χ3n) is 3.66. The van der Waals surface area contributed by atoms with Crippen molar-refractivity contribution in [3.63, 3.8) is 0 Å². The minimum absolute atomic E-state index is 0.00754. The molecule has 0 fully saturated rings. The zero-order valence-electron chi connectivity index (χ0n) is 14.3. The molecule has 0 spiro atoms. The smallest absolute Gasteiger partial charge is 0.344 e. The molecule has 0 bridgehead atoms. The summed E-state index contributed by atoms with van der Waals surface area (Å²) >= 11 is 0. The fraction of sp³-hybridized carbons (Fsp3) is 0.412. The molecule has 1 atom stereocenters. The number of ether oxygens (including phenoxy) is 2. The summed E-state index contributed by atoms with van der Waals surface area (Å²) in [6.45, 7) is 2.85. The van der Waals surface area contributed by atoms with E-state index in [9.17, 15) is 9.90 Å². The van der Waals surface area contributed by atoms with Gasteiger partial charge < -0.3 is 24.7 Å². The van der Waals surface area contributed by atoms with Crippen molar-refractivity contribution >= 4 is 5.97 Å². The first kappa shape index (κ1) is 18.8. The van der Waals surface area contributed by atoms with Gasteiger partial charge in [0.25, 0.3) is 0 Å². The predicted molar refractivity (Wildman–Crippen MR) is 90.5 cm³/mol. The van der Waals surface area contributed by atoms with Crippen LogP contribution in [0, 0.1) is 0 Å². The number of carboxylic acids is 1. The highest BCUT2D eigenvalue weighted by atomic mass is 16.5. The van der Waals surface area contributed by atoms with E-state index in [-0.39, 0.29) is 6.61 Å². The largest absolute Gasteiger partial charge is 0.493 e. The molecule has 0 aliphatic rings. The number of nitrogens with one attached hydrogen (secondary N) is 1. The summed E-state index contributed by atoms with van der Waals surface area (Å²) in [5, 5.41) is 18.4. The standard InChI is InChI=1S/C17H23N3O5/c1-12(17(22)23)25-16-13(4-3-5-14(16)24-2)10-20(8-9-21)11-15-18-6-7-19-15/h3-7,12,21H,8-11H2,1-2H3,(H,18,19)(H,22,23). The SMILES string of the molecule is COc1cccc(CN(CCO)Cc2ncc[nH]2)c1OC(C)C(=O)O. The Morgan fingerprint density at radius 1 is 1.40 bits per heavy atom. The maximum absolute atomic E-state index is 11.1. The number of H-pyrrole nitrogens is 1. The number of rotatable bonds is 10. The number of methoxy groups -OCH3 is 1. The van der Waals surface area contributed by atoms with Crippen LogP contribution in [0.3, 0.4) is 0 Å². The lowest BCUT2D eigenvalue weighted by Gasteiger charge is -2.23. The van der Waals surface area contributed by atoms with Gasteiger partial charge in [-0.3, -0.25) is 4.90 Å². The van der Waals surface area contributed by atoms with Crippen LogP contribution in [0.25, 0.3) is 0 Å². The van der Waals surface area contributed by atoms with Gasteiger partial charge in [-0.15, -0.1) is 0 Å². The second-order valence-electron chi connectivity index (χ2n) is 5.52. The average molecular weight is 349 g/mol. The van der Waals surface area contributed by atoms with Crippen LogP contribution >= 0.6 is 0 Å². The minimum Gasteiger partial charge on any atom is -0.493 e. The highest BCUT2D eigenvalue weighted by Gasteiger charge is 2.20. The van der Waals surface area contributed by atoms with Crippen LogP contribution in [0.15, 0.2) is 30.6 Å². The van der Waals surface area contributed by atoms with Gasteiger partial charge in [0.1, 0.15) is 5.82 Å². The van der Waals surface area contributed by atoms with E-state index in [1.54, 1.807) is 18.5 Å². The average Bonchev–Trinajstić information content (AvgIpc) is 3.09. The molecule has 136 valence electrons. The summed E-state index contributed by atoms with van der Waals surface area (Å²) in [5.74, 6) is 0.576. The lowest BCUT2D eigenvalue weighted by atomic mass is 10.1. The molecule has 2 rings (SSSR count). The predicted octanol–water partition coefficient (Wildman–Crippen LogP) is 1.26. The number of aromatic amines is 1. The Kier molecular flexibility index (Phi) is 6.79. The zero-order valence-corrected chi connectivity index (χ0v) is 14.3. The van der Waals surface area contributed by atoms with E-state index in [4.69, 9.17) is 14.6 Å². The fourth-order valence-electron chi connectivity index (χ4n) is 2.40. The van der Waals surface area contributed by atoms with Gasteiger partial charge in [-0.2, -0.15) is 0 Å². The van der Waals surface area contributed by atoms with Crippen LogP contribution in [0.5, 0.6) is 11.5 Å². The highest BCUT2D eigenvalue weighted by Crippen LogP contribution is 2.33. The Hall–Kier alpha value is -2.58. The van der Waals surface area contributed by atoms with E-state index in [1.165, 1.54) is 14.0 Å². The van der Waals surface area contributed by atoms with E-state index in [1.807, 2.05) is 17.0 Å². The third-order valence-corrected chi connectivity index (χ3v) is 3.66. The number of aliphatic carboxylic acids is 1. The van der Waals surface area contributed by atoms with E-state index in [0.717, 1.165) is 11.4 Å². The number of hydrogen-bond donors (Lipinski definition) is 3. The van der Waals surface area contributed by atoms with Crippen LogP contribution in [-0.2, 0) is 17.9 Å². The first-order chi connectivity index (χ1) is 12.0. The van der Waals surface area contributed by atoms with Crippen molar-refractivity contribution in [2.45, 2.75) is 26.1 Å². The first-order valence-electron chi connectivity index (χ1n) is 7.92. The number of hydrogen-bond acceptors (Lipinski definition) is 6. The summed E-state index contributed by atoms with van der Waals surface area (Å²) in [7, 11) is 1.51. The topological polar surface area (TPSA) is 108 Å². The van der Waals surface area contributed by atoms with Crippen LogP contribution in [0.4, 0.5) is 0 Å². The Morgan fingerprint density at radius 3 is 2.80 bits per heavy atom. The van der Waals surface area contributed by atoms with Gasteiger partial charge in [0.05, 0.1) is 20.3 Å². The van der Waals surface area contributed by atoms with Crippen molar-refractivity contribution in [2.75, 3.05) is 20.3 Å². The highest BCUT2D eigenvalue weighted by molar-refractivity contribution is 5.72. The van der Waals surface area contributed by atoms with Crippen molar-refractivity contribution in [1.29, 1.82) is 0 Å².